The number of amides is 1. The number of hydrogen-bond acceptors (Lipinski definition) is 4. The zero-order valence-corrected chi connectivity index (χ0v) is 18.0. The van der Waals surface area contributed by atoms with E-state index in [1.807, 2.05) is 0 Å². The second-order valence-corrected chi connectivity index (χ2v) is 9.52. The van der Waals surface area contributed by atoms with Crippen molar-refractivity contribution in [1.82, 2.24) is 10.2 Å². The van der Waals surface area contributed by atoms with E-state index in [9.17, 15) is 13.2 Å². The highest BCUT2D eigenvalue weighted by Gasteiger charge is 2.20. The molecule has 0 spiro atoms. The second kappa shape index (κ2) is 9.61. The summed E-state index contributed by atoms with van der Waals surface area (Å²) in [5, 5.41) is 3.38. The molecule has 6 nitrogen and oxygen atoms in total. The van der Waals surface area contributed by atoms with Crippen LogP contribution in [-0.4, -0.2) is 45.9 Å². The number of carbonyl (C=O) groups excluding carboxylic acids is 1. The number of benzene rings is 2. The van der Waals surface area contributed by atoms with Crippen molar-refractivity contribution in [3.63, 3.8) is 0 Å². The fraction of sp³-hybridized carbons (Fsp3) is 0.381. The number of likely N-dealkylation sites (tertiary alicyclic amines) is 1. The van der Waals surface area contributed by atoms with Gasteiger partial charge in [0, 0.05) is 11.6 Å². The van der Waals surface area contributed by atoms with Crippen molar-refractivity contribution < 1.29 is 13.2 Å². The first-order valence-corrected chi connectivity index (χ1v) is 11.6. The molecule has 8 heteroatoms. The molecule has 0 unspecified atom stereocenters. The maximum Gasteiger partial charge on any atom is 0.261 e. The van der Waals surface area contributed by atoms with Crippen LogP contribution in [-0.2, 0) is 10.0 Å². The predicted octanol–water partition coefficient (Wildman–Crippen LogP) is 3.60. The Kier molecular flexibility index (Phi) is 7.16. The Morgan fingerprint density at radius 3 is 2.45 bits per heavy atom. The van der Waals surface area contributed by atoms with Gasteiger partial charge in [0.15, 0.2) is 0 Å². The quantitative estimate of drug-likeness (QED) is 0.696. The molecule has 1 heterocycles. The monoisotopic (exact) mass is 435 g/mol. The van der Waals surface area contributed by atoms with E-state index in [1.54, 1.807) is 24.3 Å². The van der Waals surface area contributed by atoms with E-state index in [2.05, 4.69) is 22.0 Å². The first-order valence-electron chi connectivity index (χ1n) is 9.69. The van der Waals surface area contributed by atoms with Gasteiger partial charge in [-0.15, -0.1) is 0 Å². The van der Waals surface area contributed by atoms with Gasteiger partial charge in [-0.2, -0.15) is 0 Å². The Bertz CT molecular complexity index is 940. The SMILES string of the molecule is CN1CCC(CCNC(=O)c2ccccc2NS(=O)(=O)c2ccc(Cl)cc2)CC1. The standard InChI is InChI=1S/C21H26ClN3O3S/c1-25-14-11-16(12-15-25)10-13-23-21(26)19-4-2-3-5-20(19)24-29(27,28)18-8-6-17(22)7-9-18/h2-9,16,24H,10-15H2,1H3,(H,23,26). The lowest BCUT2D eigenvalue weighted by Crippen LogP contribution is -2.33. The van der Waals surface area contributed by atoms with Crippen LogP contribution in [0.15, 0.2) is 53.4 Å². The molecule has 2 N–H and O–H groups in total. The highest BCUT2D eigenvalue weighted by molar-refractivity contribution is 7.92. The van der Waals surface area contributed by atoms with Gasteiger partial charge in [-0.05, 0) is 81.7 Å². The molecule has 3 rings (SSSR count). The molecular weight excluding hydrogens is 410 g/mol. The number of anilines is 1. The summed E-state index contributed by atoms with van der Waals surface area (Å²) in [6.07, 6.45) is 3.21. The summed E-state index contributed by atoms with van der Waals surface area (Å²) >= 11 is 5.83. The normalized spacial score (nSPS) is 15.8. The molecular formula is C21H26ClN3O3S. The van der Waals surface area contributed by atoms with Gasteiger partial charge in [-0.3, -0.25) is 9.52 Å². The first-order chi connectivity index (χ1) is 13.8. The van der Waals surface area contributed by atoms with E-state index >= 15 is 0 Å². The molecule has 156 valence electrons. The summed E-state index contributed by atoms with van der Waals surface area (Å²) < 4.78 is 27.8. The van der Waals surface area contributed by atoms with Crippen LogP contribution in [0.25, 0.3) is 0 Å². The number of para-hydroxylation sites is 1. The average molecular weight is 436 g/mol. The zero-order valence-electron chi connectivity index (χ0n) is 16.4. The molecule has 1 amide bonds. The molecule has 2 aromatic rings. The first kappa shape index (κ1) is 21.6. The maximum absolute atomic E-state index is 12.7. The highest BCUT2D eigenvalue weighted by atomic mass is 35.5. The summed E-state index contributed by atoms with van der Waals surface area (Å²) in [7, 11) is -1.70. The zero-order chi connectivity index (χ0) is 20.9. The highest BCUT2D eigenvalue weighted by Crippen LogP contribution is 2.22. The lowest BCUT2D eigenvalue weighted by atomic mass is 9.94. The molecule has 2 aromatic carbocycles. The lowest BCUT2D eigenvalue weighted by molar-refractivity contribution is 0.0950. The molecule has 0 atom stereocenters. The van der Waals surface area contributed by atoms with Gasteiger partial charge in [0.1, 0.15) is 0 Å². The minimum absolute atomic E-state index is 0.0828. The summed E-state index contributed by atoms with van der Waals surface area (Å²) in [4.78, 5) is 15.1. The van der Waals surface area contributed by atoms with Crippen molar-refractivity contribution in [1.29, 1.82) is 0 Å². The topological polar surface area (TPSA) is 78.5 Å². The van der Waals surface area contributed by atoms with Crippen LogP contribution >= 0.6 is 11.6 Å². The van der Waals surface area contributed by atoms with Gasteiger partial charge in [0.05, 0.1) is 16.1 Å². The smallest absolute Gasteiger partial charge is 0.261 e. The number of rotatable bonds is 7. The number of nitrogens with one attached hydrogen (secondary N) is 2. The third-order valence-electron chi connectivity index (χ3n) is 5.22. The van der Waals surface area contributed by atoms with E-state index in [1.165, 1.54) is 24.3 Å². The number of sulfonamides is 1. The Hall–Kier alpha value is -2.09. The molecule has 1 fully saturated rings. The van der Waals surface area contributed by atoms with E-state index in [0.717, 1.165) is 32.4 Å². The van der Waals surface area contributed by atoms with Gasteiger partial charge in [-0.1, -0.05) is 23.7 Å². The molecule has 0 aliphatic carbocycles. The third-order valence-corrected chi connectivity index (χ3v) is 6.85. The van der Waals surface area contributed by atoms with E-state index in [0.29, 0.717) is 23.0 Å². The minimum Gasteiger partial charge on any atom is -0.352 e. The fourth-order valence-corrected chi connectivity index (χ4v) is 4.63. The number of piperidine rings is 1. The van der Waals surface area contributed by atoms with Crippen LogP contribution in [0.5, 0.6) is 0 Å². The van der Waals surface area contributed by atoms with Crippen molar-refractivity contribution in [2.75, 3.05) is 31.4 Å². The van der Waals surface area contributed by atoms with Gasteiger partial charge in [0.25, 0.3) is 15.9 Å². The van der Waals surface area contributed by atoms with E-state index in [4.69, 9.17) is 11.6 Å². The van der Waals surface area contributed by atoms with Crippen LogP contribution in [0.2, 0.25) is 5.02 Å². The molecule has 29 heavy (non-hydrogen) atoms. The number of halogens is 1. The molecule has 0 aromatic heterocycles. The maximum atomic E-state index is 12.7. The van der Waals surface area contributed by atoms with Gasteiger partial charge in [0.2, 0.25) is 0 Å². The van der Waals surface area contributed by atoms with E-state index in [-0.39, 0.29) is 16.5 Å². The number of nitrogens with zero attached hydrogens (tertiary/aromatic N) is 1. The average Bonchev–Trinajstić information content (AvgIpc) is 2.70. The van der Waals surface area contributed by atoms with Gasteiger partial charge < -0.3 is 10.2 Å². The van der Waals surface area contributed by atoms with E-state index < -0.39 is 10.0 Å². The summed E-state index contributed by atoms with van der Waals surface area (Å²) in [6.45, 7) is 2.76. The van der Waals surface area contributed by atoms with Crippen molar-refractivity contribution in [3.8, 4) is 0 Å². The Labute approximate surface area is 177 Å². The Morgan fingerprint density at radius 1 is 1.10 bits per heavy atom. The fourth-order valence-electron chi connectivity index (χ4n) is 3.42. The second-order valence-electron chi connectivity index (χ2n) is 7.40. The summed E-state index contributed by atoms with van der Waals surface area (Å²) in [6, 6.07) is 12.5. The third kappa shape index (κ3) is 5.95. The molecule has 0 radical (unpaired) electrons. The number of carbonyl (C=O) groups is 1. The van der Waals surface area contributed by atoms with Gasteiger partial charge >= 0.3 is 0 Å². The lowest BCUT2D eigenvalue weighted by Gasteiger charge is -2.28. The molecule has 1 aliphatic rings. The van der Waals surface area contributed by atoms with Crippen LogP contribution in [0.3, 0.4) is 0 Å². The van der Waals surface area contributed by atoms with Crippen molar-refractivity contribution in [2.24, 2.45) is 5.92 Å². The largest absolute Gasteiger partial charge is 0.352 e. The summed E-state index contributed by atoms with van der Waals surface area (Å²) in [5.74, 6) is 0.331. The van der Waals surface area contributed by atoms with Crippen molar-refractivity contribution in [2.45, 2.75) is 24.2 Å². The number of hydrogen-bond donors (Lipinski definition) is 2. The van der Waals surface area contributed by atoms with Gasteiger partial charge in [-0.25, -0.2) is 8.42 Å². The molecule has 1 saturated heterocycles. The molecule has 0 bridgehead atoms. The van der Waals surface area contributed by atoms with Crippen LogP contribution in [0.4, 0.5) is 5.69 Å². The van der Waals surface area contributed by atoms with Crippen LogP contribution in [0, 0.1) is 5.92 Å². The minimum atomic E-state index is -3.82. The van der Waals surface area contributed by atoms with Crippen molar-refractivity contribution in [3.05, 3.63) is 59.1 Å². The van der Waals surface area contributed by atoms with Crippen LogP contribution < -0.4 is 10.0 Å². The molecule has 0 saturated carbocycles. The molecule has 1 aliphatic heterocycles. The van der Waals surface area contributed by atoms with Crippen molar-refractivity contribution >= 4 is 33.2 Å². The predicted molar refractivity (Wildman–Crippen MR) is 116 cm³/mol. The Balaban J connectivity index is 1.63. The van der Waals surface area contributed by atoms with Crippen LogP contribution in [0.1, 0.15) is 29.6 Å². The summed E-state index contributed by atoms with van der Waals surface area (Å²) in [5.41, 5.74) is 0.549. The Morgan fingerprint density at radius 2 is 1.76 bits per heavy atom.